The lowest BCUT2D eigenvalue weighted by Gasteiger charge is -2.13. The van der Waals surface area contributed by atoms with E-state index in [2.05, 4.69) is 49.3 Å². The number of anilines is 2. The standard InChI is InChI=1S/C13H17N5OS/c1-9(3-4-11-5-6-20-7-11)16-12-14-8-15-13(18-12)17-10(2)19/h5-9H,3-4H2,1-2H3,(H2,14,15,16,17,18,19). The van der Waals surface area contributed by atoms with Gasteiger partial charge < -0.3 is 5.32 Å². The first kappa shape index (κ1) is 14.4. The van der Waals surface area contributed by atoms with E-state index in [4.69, 9.17) is 0 Å². The largest absolute Gasteiger partial charge is 0.352 e. The molecule has 0 aliphatic carbocycles. The van der Waals surface area contributed by atoms with Crippen LogP contribution >= 0.6 is 11.3 Å². The van der Waals surface area contributed by atoms with E-state index in [0.29, 0.717) is 5.95 Å². The fraction of sp³-hybridized carbons (Fsp3) is 0.385. The summed E-state index contributed by atoms with van der Waals surface area (Å²) >= 11 is 1.71. The molecule has 106 valence electrons. The number of nitrogens with zero attached hydrogens (tertiary/aromatic N) is 3. The molecule has 2 rings (SSSR count). The van der Waals surface area contributed by atoms with Gasteiger partial charge in [0.05, 0.1) is 0 Å². The Kier molecular flexibility index (Phi) is 5.00. The third-order valence-corrected chi connectivity index (χ3v) is 3.41. The van der Waals surface area contributed by atoms with Crippen molar-refractivity contribution in [2.45, 2.75) is 32.7 Å². The Labute approximate surface area is 121 Å². The molecule has 20 heavy (non-hydrogen) atoms. The molecule has 2 aromatic heterocycles. The molecule has 0 aromatic carbocycles. The highest BCUT2D eigenvalue weighted by Crippen LogP contribution is 2.11. The molecule has 0 spiro atoms. The summed E-state index contributed by atoms with van der Waals surface area (Å²) in [5.41, 5.74) is 1.35. The number of hydrogen-bond donors (Lipinski definition) is 2. The van der Waals surface area contributed by atoms with E-state index in [1.165, 1.54) is 18.8 Å². The first-order valence-corrected chi connectivity index (χ1v) is 7.32. The second kappa shape index (κ2) is 6.95. The fourth-order valence-corrected chi connectivity index (χ4v) is 2.40. The third kappa shape index (κ3) is 4.58. The van der Waals surface area contributed by atoms with Crippen molar-refractivity contribution in [3.63, 3.8) is 0 Å². The molecule has 1 unspecified atom stereocenters. The van der Waals surface area contributed by atoms with Crippen LogP contribution in [0.15, 0.2) is 23.2 Å². The van der Waals surface area contributed by atoms with Crippen molar-refractivity contribution in [2.24, 2.45) is 0 Å². The number of nitrogens with one attached hydrogen (secondary N) is 2. The lowest BCUT2D eigenvalue weighted by Crippen LogP contribution is -2.19. The fourth-order valence-electron chi connectivity index (χ4n) is 1.69. The maximum Gasteiger partial charge on any atom is 0.234 e. The second-order valence-corrected chi connectivity index (χ2v) is 5.31. The van der Waals surface area contributed by atoms with Crippen molar-refractivity contribution >= 4 is 29.1 Å². The monoisotopic (exact) mass is 291 g/mol. The first-order valence-electron chi connectivity index (χ1n) is 6.37. The lowest BCUT2D eigenvalue weighted by atomic mass is 10.1. The second-order valence-electron chi connectivity index (χ2n) is 4.53. The molecule has 0 saturated heterocycles. The average Bonchev–Trinajstić information content (AvgIpc) is 2.89. The third-order valence-electron chi connectivity index (χ3n) is 2.68. The molecule has 0 aliphatic heterocycles. The van der Waals surface area contributed by atoms with Gasteiger partial charge >= 0.3 is 0 Å². The van der Waals surface area contributed by atoms with E-state index in [1.807, 2.05) is 0 Å². The van der Waals surface area contributed by atoms with Gasteiger partial charge in [-0.15, -0.1) is 0 Å². The van der Waals surface area contributed by atoms with Crippen molar-refractivity contribution in [1.29, 1.82) is 0 Å². The summed E-state index contributed by atoms with van der Waals surface area (Å²) in [5, 5.41) is 9.98. The summed E-state index contributed by atoms with van der Waals surface area (Å²) in [6.45, 7) is 3.49. The molecule has 0 radical (unpaired) electrons. The van der Waals surface area contributed by atoms with Gasteiger partial charge in [-0.25, -0.2) is 9.97 Å². The van der Waals surface area contributed by atoms with Crippen LogP contribution in [0.4, 0.5) is 11.9 Å². The zero-order valence-corrected chi connectivity index (χ0v) is 12.3. The van der Waals surface area contributed by atoms with Gasteiger partial charge in [0.15, 0.2) is 0 Å². The topological polar surface area (TPSA) is 79.8 Å². The SMILES string of the molecule is CC(=O)Nc1ncnc(NC(C)CCc2ccsc2)n1. The van der Waals surface area contributed by atoms with Crippen LogP contribution in [0.3, 0.4) is 0 Å². The molecule has 2 heterocycles. The zero-order chi connectivity index (χ0) is 14.4. The lowest BCUT2D eigenvalue weighted by molar-refractivity contribution is -0.114. The normalized spacial score (nSPS) is 11.9. The van der Waals surface area contributed by atoms with Gasteiger partial charge in [0.1, 0.15) is 6.33 Å². The number of hydrogen-bond acceptors (Lipinski definition) is 6. The maximum absolute atomic E-state index is 10.9. The predicted molar refractivity (Wildman–Crippen MR) is 79.9 cm³/mol. The number of aromatic nitrogens is 3. The summed E-state index contributed by atoms with van der Waals surface area (Å²) in [4.78, 5) is 23.0. The van der Waals surface area contributed by atoms with Crippen molar-refractivity contribution in [2.75, 3.05) is 10.6 Å². The molecule has 7 heteroatoms. The van der Waals surface area contributed by atoms with Crippen molar-refractivity contribution < 1.29 is 4.79 Å². The van der Waals surface area contributed by atoms with Crippen LogP contribution < -0.4 is 10.6 Å². The summed E-state index contributed by atoms with van der Waals surface area (Å²) in [7, 11) is 0. The number of aryl methyl sites for hydroxylation is 1. The summed E-state index contributed by atoms with van der Waals surface area (Å²) in [5.74, 6) is 0.536. The van der Waals surface area contributed by atoms with Crippen LogP contribution in [0.2, 0.25) is 0 Å². The van der Waals surface area contributed by atoms with E-state index in [1.54, 1.807) is 11.3 Å². The van der Waals surface area contributed by atoms with Gasteiger partial charge in [-0.05, 0) is 42.2 Å². The van der Waals surface area contributed by atoms with Crippen LogP contribution in [-0.4, -0.2) is 26.9 Å². The molecule has 2 N–H and O–H groups in total. The van der Waals surface area contributed by atoms with Crippen LogP contribution in [0.5, 0.6) is 0 Å². The Hall–Kier alpha value is -2.02. The molecular weight excluding hydrogens is 274 g/mol. The van der Waals surface area contributed by atoms with E-state index in [-0.39, 0.29) is 17.9 Å². The molecule has 2 aromatic rings. The Morgan fingerprint density at radius 2 is 2.20 bits per heavy atom. The Morgan fingerprint density at radius 3 is 2.90 bits per heavy atom. The van der Waals surface area contributed by atoms with Crippen molar-refractivity contribution in [3.8, 4) is 0 Å². The van der Waals surface area contributed by atoms with E-state index >= 15 is 0 Å². The smallest absolute Gasteiger partial charge is 0.234 e. The number of carbonyl (C=O) groups is 1. The number of amides is 1. The average molecular weight is 291 g/mol. The number of rotatable bonds is 6. The number of thiophene rings is 1. The minimum absolute atomic E-state index is 0.201. The summed E-state index contributed by atoms with van der Waals surface area (Å²) < 4.78 is 0. The maximum atomic E-state index is 10.9. The van der Waals surface area contributed by atoms with E-state index in [9.17, 15) is 4.79 Å². The minimum atomic E-state index is -0.201. The van der Waals surface area contributed by atoms with E-state index < -0.39 is 0 Å². The van der Waals surface area contributed by atoms with Crippen LogP contribution in [0.1, 0.15) is 25.8 Å². The predicted octanol–water partition coefficient (Wildman–Crippen LogP) is 2.32. The van der Waals surface area contributed by atoms with Gasteiger partial charge in [-0.3, -0.25) is 10.1 Å². The molecule has 0 bridgehead atoms. The molecule has 0 aliphatic rings. The Balaban J connectivity index is 1.87. The van der Waals surface area contributed by atoms with Gasteiger partial charge in [0.25, 0.3) is 0 Å². The zero-order valence-electron chi connectivity index (χ0n) is 11.5. The van der Waals surface area contributed by atoms with E-state index in [0.717, 1.165) is 12.8 Å². The molecule has 6 nitrogen and oxygen atoms in total. The molecule has 0 fully saturated rings. The summed E-state index contributed by atoms with van der Waals surface area (Å²) in [6.07, 6.45) is 3.38. The summed E-state index contributed by atoms with van der Waals surface area (Å²) in [6, 6.07) is 2.37. The molecular formula is C13H17N5OS. The number of carbonyl (C=O) groups excluding carboxylic acids is 1. The highest BCUT2D eigenvalue weighted by molar-refractivity contribution is 7.07. The Morgan fingerprint density at radius 1 is 1.40 bits per heavy atom. The minimum Gasteiger partial charge on any atom is -0.352 e. The molecule has 0 saturated carbocycles. The van der Waals surface area contributed by atoms with Crippen LogP contribution in [0, 0.1) is 0 Å². The van der Waals surface area contributed by atoms with Crippen LogP contribution in [-0.2, 0) is 11.2 Å². The van der Waals surface area contributed by atoms with Crippen LogP contribution in [0.25, 0.3) is 0 Å². The van der Waals surface area contributed by atoms with Gasteiger partial charge in [-0.1, -0.05) is 0 Å². The highest BCUT2D eigenvalue weighted by atomic mass is 32.1. The quantitative estimate of drug-likeness (QED) is 0.854. The first-order chi connectivity index (χ1) is 9.63. The highest BCUT2D eigenvalue weighted by Gasteiger charge is 2.07. The van der Waals surface area contributed by atoms with Gasteiger partial charge in [0.2, 0.25) is 17.8 Å². The van der Waals surface area contributed by atoms with Gasteiger partial charge in [-0.2, -0.15) is 16.3 Å². The van der Waals surface area contributed by atoms with Gasteiger partial charge in [0, 0.05) is 13.0 Å². The molecule has 1 amide bonds. The molecule has 1 atom stereocenters. The van der Waals surface area contributed by atoms with Crippen molar-refractivity contribution in [3.05, 3.63) is 28.7 Å². The van der Waals surface area contributed by atoms with Crippen molar-refractivity contribution in [1.82, 2.24) is 15.0 Å². The Bertz CT molecular complexity index is 558.